The summed E-state index contributed by atoms with van der Waals surface area (Å²) in [6.45, 7) is 4.80. The van der Waals surface area contributed by atoms with E-state index in [-0.39, 0.29) is 5.56 Å². The molecular formula is C22H25N3O2S. The fraction of sp³-hybridized carbons (Fsp3) is 0.409. The number of fused-ring (bicyclic) bond motifs is 3. The van der Waals surface area contributed by atoms with E-state index in [1.165, 1.54) is 21.5 Å². The van der Waals surface area contributed by atoms with Gasteiger partial charge in [0, 0.05) is 11.3 Å². The zero-order chi connectivity index (χ0) is 19.5. The number of hydrogen-bond acceptors (Lipinski definition) is 5. The average molecular weight is 396 g/mol. The van der Waals surface area contributed by atoms with Crippen LogP contribution in [0.5, 0.6) is 5.75 Å². The molecule has 0 radical (unpaired) electrons. The minimum atomic E-state index is -0.0413. The highest BCUT2D eigenvalue weighted by atomic mass is 32.1. The highest BCUT2D eigenvalue weighted by Gasteiger charge is 2.21. The van der Waals surface area contributed by atoms with Gasteiger partial charge in [-0.15, -0.1) is 11.3 Å². The third-order valence-corrected chi connectivity index (χ3v) is 6.21. The van der Waals surface area contributed by atoms with Crippen LogP contribution in [0.2, 0.25) is 0 Å². The lowest BCUT2D eigenvalue weighted by molar-refractivity contribution is 0.317. The van der Waals surface area contributed by atoms with Gasteiger partial charge < -0.3 is 4.74 Å². The number of thiophene rings is 1. The molecule has 0 unspecified atom stereocenters. The first-order valence-electron chi connectivity index (χ1n) is 10.0. The molecular weight excluding hydrogens is 370 g/mol. The van der Waals surface area contributed by atoms with Gasteiger partial charge in [0.15, 0.2) is 0 Å². The SMILES string of the molecule is CCCOc1ccc(/C=N/n2c(CC)nc3sc4c(c3c2=O)CCCC4)cc1. The van der Waals surface area contributed by atoms with Crippen LogP contribution in [0, 0.1) is 0 Å². The molecule has 1 aliphatic rings. The molecule has 1 aromatic carbocycles. The van der Waals surface area contributed by atoms with E-state index in [2.05, 4.69) is 12.0 Å². The fourth-order valence-electron chi connectivity index (χ4n) is 3.58. The first kappa shape index (κ1) is 18.9. The van der Waals surface area contributed by atoms with Gasteiger partial charge in [-0.25, -0.2) is 4.98 Å². The van der Waals surface area contributed by atoms with Crippen LogP contribution in [0.1, 0.15) is 54.9 Å². The first-order valence-corrected chi connectivity index (χ1v) is 10.9. The van der Waals surface area contributed by atoms with Crippen molar-refractivity contribution in [2.75, 3.05) is 6.61 Å². The van der Waals surface area contributed by atoms with E-state index in [0.717, 1.165) is 47.2 Å². The number of rotatable bonds is 6. The summed E-state index contributed by atoms with van der Waals surface area (Å²) in [7, 11) is 0. The fourth-order valence-corrected chi connectivity index (χ4v) is 4.85. The number of benzene rings is 1. The minimum Gasteiger partial charge on any atom is -0.494 e. The molecule has 0 atom stereocenters. The van der Waals surface area contributed by atoms with Crippen LogP contribution in [0.25, 0.3) is 10.2 Å². The molecule has 2 aromatic heterocycles. The molecule has 0 amide bonds. The van der Waals surface area contributed by atoms with Crippen LogP contribution in [-0.2, 0) is 19.3 Å². The summed E-state index contributed by atoms with van der Waals surface area (Å²) >= 11 is 1.68. The van der Waals surface area contributed by atoms with Gasteiger partial charge in [0.2, 0.25) is 0 Å². The highest BCUT2D eigenvalue weighted by Crippen LogP contribution is 2.33. The van der Waals surface area contributed by atoms with Crippen molar-refractivity contribution < 1.29 is 4.74 Å². The van der Waals surface area contributed by atoms with Gasteiger partial charge in [0.1, 0.15) is 16.4 Å². The van der Waals surface area contributed by atoms with E-state index in [1.54, 1.807) is 17.6 Å². The molecule has 0 N–H and O–H groups in total. The van der Waals surface area contributed by atoms with Crippen molar-refractivity contribution in [3.05, 3.63) is 56.4 Å². The second-order valence-corrected chi connectivity index (χ2v) is 8.14. The molecule has 0 spiro atoms. The van der Waals surface area contributed by atoms with Crippen molar-refractivity contribution >= 4 is 27.8 Å². The zero-order valence-electron chi connectivity index (χ0n) is 16.4. The largest absolute Gasteiger partial charge is 0.494 e. The van der Waals surface area contributed by atoms with Crippen molar-refractivity contribution in [2.24, 2.45) is 5.10 Å². The summed E-state index contributed by atoms with van der Waals surface area (Å²) in [6, 6.07) is 7.75. The third-order valence-electron chi connectivity index (χ3n) is 5.03. The van der Waals surface area contributed by atoms with Crippen molar-refractivity contribution in [3.63, 3.8) is 0 Å². The predicted molar refractivity (Wildman–Crippen MR) is 115 cm³/mol. The second kappa shape index (κ2) is 8.27. The first-order chi connectivity index (χ1) is 13.7. The predicted octanol–water partition coefficient (Wildman–Crippen LogP) is 4.57. The molecule has 1 aliphatic carbocycles. The van der Waals surface area contributed by atoms with Gasteiger partial charge in [-0.2, -0.15) is 9.78 Å². The lowest BCUT2D eigenvalue weighted by Gasteiger charge is -2.10. The van der Waals surface area contributed by atoms with Gasteiger partial charge in [-0.3, -0.25) is 4.79 Å². The Kier molecular flexibility index (Phi) is 5.57. The third kappa shape index (κ3) is 3.61. The van der Waals surface area contributed by atoms with Crippen molar-refractivity contribution in [3.8, 4) is 5.75 Å². The number of aromatic nitrogens is 2. The van der Waals surface area contributed by atoms with E-state index in [9.17, 15) is 4.79 Å². The van der Waals surface area contributed by atoms with Gasteiger partial charge in [0.05, 0.1) is 18.2 Å². The summed E-state index contributed by atoms with van der Waals surface area (Å²) in [5, 5.41) is 5.27. The summed E-state index contributed by atoms with van der Waals surface area (Å²) in [6.07, 6.45) is 7.74. The van der Waals surface area contributed by atoms with E-state index in [0.29, 0.717) is 18.9 Å². The molecule has 5 nitrogen and oxygen atoms in total. The molecule has 4 rings (SSSR count). The van der Waals surface area contributed by atoms with Gasteiger partial charge in [0.25, 0.3) is 5.56 Å². The molecule has 0 bridgehead atoms. The topological polar surface area (TPSA) is 56.5 Å². The maximum atomic E-state index is 13.2. The van der Waals surface area contributed by atoms with Crippen LogP contribution in [0.3, 0.4) is 0 Å². The molecule has 2 heterocycles. The molecule has 6 heteroatoms. The molecule has 3 aromatic rings. The van der Waals surface area contributed by atoms with Crippen LogP contribution in [0.15, 0.2) is 34.2 Å². The van der Waals surface area contributed by atoms with E-state index >= 15 is 0 Å². The number of hydrogen-bond donors (Lipinski definition) is 0. The van der Waals surface area contributed by atoms with Crippen molar-refractivity contribution in [1.29, 1.82) is 0 Å². The maximum Gasteiger partial charge on any atom is 0.283 e. The molecule has 0 fully saturated rings. The Hall–Kier alpha value is -2.47. The summed E-state index contributed by atoms with van der Waals surface area (Å²) < 4.78 is 7.09. The second-order valence-electron chi connectivity index (χ2n) is 7.05. The Balaban J connectivity index is 1.70. The Labute approximate surface area is 168 Å². The van der Waals surface area contributed by atoms with Crippen LogP contribution in [-0.4, -0.2) is 22.5 Å². The Morgan fingerprint density at radius 3 is 2.75 bits per heavy atom. The smallest absolute Gasteiger partial charge is 0.283 e. The molecule has 146 valence electrons. The van der Waals surface area contributed by atoms with E-state index in [1.807, 2.05) is 31.2 Å². The maximum absolute atomic E-state index is 13.2. The Morgan fingerprint density at radius 2 is 2.00 bits per heavy atom. The number of aryl methyl sites for hydroxylation is 3. The van der Waals surface area contributed by atoms with Crippen LogP contribution in [0.4, 0.5) is 0 Å². The lowest BCUT2D eigenvalue weighted by Crippen LogP contribution is -2.22. The lowest BCUT2D eigenvalue weighted by atomic mass is 9.97. The monoisotopic (exact) mass is 395 g/mol. The highest BCUT2D eigenvalue weighted by molar-refractivity contribution is 7.18. The quantitative estimate of drug-likeness (QED) is 0.575. The normalized spacial score (nSPS) is 13.9. The molecule has 28 heavy (non-hydrogen) atoms. The molecule has 0 saturated heterocycles. The van der Waals surface area contributed by atoms with Crippen molar-refractivity contribution in [2.45, 2.75) is 52.4 Å². The average Bonchev–Trinajstić information content (AvgIpc) is 3.10. The van der Waals surface area contributed by atoms with Crippen LogP contribution < -0.4 is 10.3 Å². The number of ether oxygens (including phenoxy) is 1. The Morgan fingerprint density at radius 1 is 1.21 bits per heavy atom. The van der Waals surface area contributed by atoms with E-state index in [4.69, 9.17) is 9.72 Å². The minimum absolute atomic E-state index is 0.0413. The summed E-state index contributed by atoms with van der Waals surface area (Å²) in [5.74, 6) is 1.55. The van der Waals surface area contributed by atoms with Gasteiger partial charge in [-0.1, -0.05) is 13.8 Å². The van der Waals surface area contributed by atoms with E-state index < -0.39 is 0 Å². The van der Waals surface area contributed by atoms with Gasteiger partial charge in [-0.05, 0) is 67.5 Å². The number of nitrogens with zero attached hydrogens (tertiary/aromatic N) is 3. The standard InChI is InChI=1S/C22H25N3O2S/c1-3-13-27-16-11-9-15(10-12-16)14-23-25-19(4-2)24-21-20(22(25)26)17-7-5-6-8-18(17)28-21/h9-12,14H,3-8,13H2,1-2H3/b23-14+. The molecule has 0 saturated carbocycles. The van der Waals surface area contributed by atoms with Crippen molar-refractivity contribution in [1.82, 2.24) is 9.66 Å². The summed E-state index contributed by atoms with van der Waals surface area (Å²) in [5.41, 5.74) is 2.08. The Bertz CT molecular complexity index is 1060. The zero-order valence-corrected chi connectivity index (χ0v) is 17.2. The summed E-state index contributed by atoms with van der Waals surface area (Å²) in [4.78, 5) is 20.2. The van der Waals surface area contributed by atoms with Crippen LogP contribution >= 0.6 is 11.3 Å². The van der Waals surface area contributed by atoms with Gasteiger partial charge >= 0.3 is 0 Å². The molecule has 0 aliphatic heterocycles.